The first-order chi connectivity index (χ1) is 9.78. The fourth-order valence-corrected chi connectivity index (χ4v) is 3.40. The van der Waals surface area contributed by atoms with Crippen LogP contribution in [0.2, 0.25) is 0 Å². The van der Waals surface area contributed by atoms with E-state index in [9.17, 15) is 0 Å². The van der Waals surface area contributed by atoms with Crippen LogP contribution in [0.15, 0.2) is 18.2 Å². The van der Waals surface area contributed by atoms with Gasteiger partial charge in [0, 0.05) is 24.3 Å². The van der Waals surface area contributed by atoms with Gasteiger partial charge in [-0.3, -0.25) is 4.98 Å². The van der Waals surface area contributed by atoms with E-state index in [1.165, 1.54) is 6.42 Å². The minimum Gasteiger partial charge on any atom is -0.377 e. The third kappa shape index (κ3) is 4.56. The number of hydrogen-bond acceptors (Lipinski definition) is 4. The molecule has 0 radical (unpaired) electrons. The molecular weight excluding hydrogens is 323 g/mol. The van der Waals surface area contributed by atoms with Crippen LogP contribution in [0.25, 0.3) is 0 Å². The highest BCUT2D eigenvalue weighted by atomic mass is 35.5. The van der Waals surface area contributed by atoms with E-state index < -0.39 is 0 Å². The zero-order valence-corrected chi connectivity index (χ0v) is 14.7. The Hall–Kier alpha value is -0.390. The van der Waals surface area contributed by atoms with Crippen LogP contribution in [0.4, 0.5) is 0 Å². The molecule has 6 heteroatoms. The molecule has 0 amide bonds. The van der Waals surface area contributed by atoms with Gasteiger partial charge in [0.05, 0.1) is 25.0 Å². The molecule has 1 aromatic heterocycles. The Morgan fingerprint density at radius 1 is 1.41 bits per heavy atom. The van der Waals surface area contributed by atoms with Crippen molar-refractivity contribution in [3.8, 4) is 0 Å². The smallest absolute Gasteiger partial charge is 0.0888 e. The molecule has 3 heterocycles. The predicted molar refractivity (Wildman–Crippen MR) is 92.0 cm³/mol. The lowest BCUT2D eigenvalue weighted by Crippen LogP contribution is -2.55. The summed E-state index contributed by atoms with van der Waals surface area (Å²) in [5.74, 6) is 0. The molecule has 0 saturated carbocycles. The van der Waals surface area contributed by atoms with Crippen molar-refractivity contribution in [2.75, 3.05) is 26.3 Å². The summed E-state index contributed by atoms with van der Waals surface area (Å²) in [5.41, 5.74) is 2.22. The van der Waals surface area contributed by atoms with Gasteiger partial charge in [-0.25, -0.2) is 0 Å². The SMILES string of the molecule is Cc1cccc(COCC23CCCOC2CCNC3)n1.Cl.Cl. The van der Waals surface area contributed by atoms with Gasteiger partial charge < -0.3 is 14.8 Å². The van der Waals surface area contributed by atoms with E-state index in [1.807, 2.05) is 25.1 Å². The molecule has 2 saturated heterocycles. The molecule has 0 bridgehead atoms. The van der Waals surface area contributed by atoms with Crippen molar-refractivity contribution in [1.29, 1.82) is 0 Å². The van der Waals surface area contributed by atoms with Crippen LogP contribution in [0.5, 0.6) is 0 Å². The van der Waals surface area contributed by atoms with Gasteiger partial charge in [-0.2, -0.15) is 0 Å². The summed E-state index contributed by atoms with van der Waals surface area (Å²) >= 11 is 0. The van der Waals surface area contributed by atoms with Crippen LogP contribution in [0, 0.1) is 12.3 Å². The Balaban J connectivity index is 0.00000121. The highest BCUT2D eigenvalue weighted by Crippen LogP contribution is 2.38. The minimum absolute atomic E-state index is 0. The van der Waals surface area contributed by atoms with Gasteiger partial charge in [0.2, 0.25) is 0 Å². The molecule has 2 atom stereocenters. The average molecular weight is 349 g/mol. The number of hydrogen-bond donors (Lipinski definition) is 1. The van der Waals surface area contributed by atoms with Gasteiger partial charge in [-0.15, -0.1) is 24.8 Å². The third-order valence-electron chi connectivity index (χ3n) is 4.47. The van der Waals surface area contributed by atoms with Crippen LogP contribution < -0.4 is 5.32 Å². The standard InChI is InChI=1S/C16H24N2O2.2ClH/c1-13-4-2-5-14(18-13)10-19-12-16-7-3-9-20-15(16)6-8-17-11-16;;/h2,4-5,15,17H,3,6-12H2,1H3;2*1H. The van der Waals surface area contributed by atoms with Crippen molar-refractivity contribution in [3.05, 3.63) is 29.6 Å². The molecule has 4 nitrogen and oxygen atoms in total. The van der Waals surface area contributed by atoms with Crippen LogP contribution in [0.1, 0.15) is 30.7 Å². The summed E-state index contributed by atoms with van der Waals surface area (Å²) in [6.45, 7) is 6.35. The van der Waals surface area contributed by atoms with Gasteiger partial charge in [0.1, 0.15) is 0 Å². The number of piperidine rings is 1. The van der Waals surface area contributed by atoms with E-state index in [0.717, 1.165) is 50.5 Å². The van der Waals surface area contributed by atoms with Crippen LogP contribution in [0.3, 0.4) is 0 Å². The van der Waals surface area contributed by atoms with Crippen molar-refractivity contribution in [2.24, 2.45) is 5.41 Å². The van der Waals surface area contributed by atoms with E-state index >= 15 is 0 Å². The zero-order valence-electron chi connectivity index (χ0n) is 13.0. The molecule has 2 aliphatic heterocycles. The first kappa shape index (κ1) is 19.7. The fraction of sp³-hybridized carbons (Fsp3) is 0.688. The maximum atomic E-state index is 5.99. The number of ether oxygens (including phenoxy) is 2. The molecule has 1 N–H and O–H groups in total. The molecule has 2 unspecified atom stereocenters. The second kappa shape index (κ2) is 9.04. The number of rotatable bonds is 4. The van der Waals surface area contributed by atoms with Crippen LogP contribution in [-0.4, -0.2) is 37.4 Å². The summed E-state index contributed by atoms with van der Waals surface area (Å²) in [6.07, 6.45) is 3.81. The number of nitrogens with one attached hydrogen (secondary N) is 1. The molecule has 0 aromatic carbocycles. The third-order valence-corrected chi connectivity index (χ3v) is 4.47. The molecule has 0 spiro atoms. The summed E-state index contributed by atoms with van der Waals surface area (Å²) in [7, 11) is 0. The second-order valence-electron chi connectivity index (χ2n) is 6.05. The number of halogens is 2. The number of fused-ring (bicyclic) bond motifs is 1. The van der Waals surface area contributed by atoms with Gasteiger partial charge in [0.15, 0.2) is 0 Å². The summed E-state index contributed by atoms with van der Waals surface area (Å²) < 4.78 is 12.0. The summed E-state index contributed by atoms with van der Waals surface area (Å²) in [4.78, 5) is 4.49. The van der Waals surface area contributed by atoms with E-state index in [4.69, 9.17) is 9.47 Å². The molecule has 3 rings (SSSR count). The van der Waals surface area contributed by atoms with Gasteiger partial charge >= 0.3 is 0 Å². The lowest BCUT2D eigenvalue weighted by Gasteiger charge is -2.47. The van der Waals surface area contributed by atoms with Gasteiger partial charge in [-0.05, 0) is 44.9 Å². The molecule has 2 fully saturated rings. The number of nitrogens with zero attached hydrogens (tertiary/aromatic N) is 1. The molecule has 0 aliphatic carbocycles. The normalized spacial score (nSPS) is 27.2. The number of aromatic nitrogens is 1. The first-order valence-electron chi connectivity index (χ1n) is 7.61. The summed E-state index contributed by atoms with van der Waals surface area (Å²) in [6, 6.07) is 6.07. The van der Waals surface area contributed by atoms with E-state index in [-0.39, 0.29) is 30.2 Å². The second-order valence-corrected chi connectivity index (χ2v) is 6.05. The largest absolute Gasteiger partial charge is 0.377 e. The zero-order chi connectivity index (χ0) is 13.8. The lowest BCUT2D eigenvalue weighted by molar-refractivity contribution is -0.132. The lowest BCUT2D eigenvalue weighted by atomic mass is 9.73. The molecule has 22 heavy (non-hydrogen) atoms. The molecule has 1 aromatic rings. The molecule has 2 aliphatic rings. The number of pyridine rings is 1. The highest BCUT2D eigenvalue weighted by molar-refractivity contribution is 5.85. The van der Waals surface area contributed by atoms with E-state index in [2.05, 4.69) is 10.3 Å². The Bertz CT molecular complexity index is 448. The van der Waals surface area contributed by atoms with Crippen LogP contribution >= 0.6 is 24.8 Å². The van der Waals surface area contributed by atoms with Gasteiger partial charge in [-0.1, -0.05) is 6.07 Å². The quantitative estimate of drug-likeness (QED) is 0.908. The minimum atomic E-state index is 0. The first-order valence-corrected chi connectivity index (χ1v) is 7.61. The van der Waals surface area contributed by atoms with Crippen molar-refractivity contribution in [3.63, 3.8) is 0 Å². The van der Waals surface area contributed by atoms with E-state index in [1.54, 1.807) is 0 Å². The maximum absolute atomic E-state index is 5.99. The maximum Gasteiger partial charge on any atom is 0.0888 e. The van der Waals surface area contributed by atoms with Gasteiger partial charge in [0.25, 0.3) is 0 Å². The predicted octanol–water partition coefficient (Wildman–Crippen LogP) is 2.91. The highest BCUT2D eigenvalue weighted by Gasteiger charge is 2.43. The Morgan fingerprint density at radius 2 is 2.27 bits per heavy atom. The number of aryl methyl sites for hydroxylation is 1. The Labute approximate surface area is 145 Å². The van der Waals surface area contributed by atoms with Crippen molar-refractivity contribution < 1.29 is 9.47 Å². The molecule has 126 valence electrons. The average Bonchev–Trinajstić information content (AvgIpc) is 2.47. The van der Waals surface area contributed by atoms with Crippen molar-refractivity contribution in [1.82, 2.24) is 10.3 Å². The van der Waals surface area contributed by atoms with E-state index in [0.29, 0.717) is 12.7 Å². The summed E-state index contributed by atoms with van der Waals surface area (Å²) in [5, 5.41) is 3.51. The fourth-order valence-electron chi connectivity index (χ4n) is 3.40. The topological polar surface area (TPSA) is 43.4 Å². The van der Waals surface area contributed by atoms with Crippen molar-refractivity contribution >= 4 is 24.8 Å². The molecular formula is C16H26Cl2N2O2. The Kier molecular flexibility index (Phi) is 8.08. The van der Waals surface area contributed by atoms with Crippen molar-refractivity contribution in [2.45, 2.75) is 38.9 Å². The monoisotopic (exact) mass is 348 g/mol. The Morgan fingerprint density at radius 3 is 3.09 bits per heavy atom. The van der Waals surface area contributed by atoms with Crippen LogP contribution in [-0.2, 0) is 16.1 Å².